The Balaban J connectivity index is 3.86. The van der Waals surface area contributed by atoms with E-state index >= 15 is 0 Å². The summed E-state index contributed by atoms with van der Waals surface area (Å²) in [6.45, 7) is 0. The van der Waals surface area contributed by atoms with Crippen LogP contribution in [0, 0.1) is 5.75 Å². The van der Waals surface area contributed by atoms with E-state index < -0.39 is 0 Å². The van der Waals surface area contributed by atoms with Crippen LogP contribution in [0.15, 0.2) is 4.99 Å². The van der Waals surface area contributed by atoms with Crippen LogP contribution in [0.3, 0.4) is 0 Å². The molecule has 0 unspecified atom stereocenters. The van der Waals surface area contributed by atoms with Crippen LogP contribution in [0.25, 0.3) is 0 Å². The van der Waals surface area contributed by atoms with Crippen molar-refractivity contribution in [1.29, 1.82) is 0 Å². The van der Waals surface area contributed by atoms with Crippen molar-refractivity contribution in [3.63, 3.8) is 0 Å². The van der Waals surface area contributed by atoms with Gasteiger partial charge in [-0.25, -0.2) is 0 Å². The Bertz CT molecular complexity index is 162. The first-order valence-corrected chi connectivity index (χ1v) is 2.24. The summed E-state index contributed by atoms with van der Waals surface area (Å²) in [6, 6.07) is 0. The molecule has 0 rings (SSSR count). The van der Waals surface area contributed by atoms with Crippen LogP contribution in [0.5, 0.6) is 0 Å². The predicted octanol–water partition coefficient (Wildman–Crippen LogP) is -0.532. The molecule has 0 aromatic heterocycles. The summed E-state index contributed by atoms with van der Waals surface area (Å²) in [5.41, 5.74) is 9.60. The van der Waals surface area contributed by atoms with Crippen molar-refractivity contribution in [3.8, 4) is 5.75 Å². The molecule has 0 aliphatic rings. The van der Waals surface area contributed by atoms with Gasteiger partial charge in [0, 0.05) is 0 Å². The minimum absolute atomic E-state index is 0.136. The van der Waals surface area contributed by atoms with Gasteiger partial charge in [0.05, 0.1) is 0 Å². The summed E-state index contributed by atoms with van der Waals surface area (Å²) in [4.78, 5) is 3.14. The number of hydrogen-bond donors (Lipinski definition) is 2. The molecule has 0 bridgehead atoms. The molecule has 5 heteroatoms. The topological polar surface area (TPSA) is 81.5 Å². The molecule has 0 radical (unpaired) electrons. The molecule has 0 fully saturated rings. The Hall–Kier alpha value is -0.720. The van der Waals surface area contributed by atoms with E-state index in [2.05, 4.69) is 4.99 Å². The summed E-state index contributed by atoms with van der Waals surface area (Å²) in [7, 11) is -0.307. The molecule has 4 N–H and O–H groups in total. The minimum atomic E-state index is -0.307. The zero-order valence-electron chi connectivity index (χ0n) is 3.46. The number of guanidine groups is 1. The van der Waals surface area contributed by atoms with Gasteiger partial charge in [-0.05, 0) is 0 Å². The van der Waals surface area contributed by atoms with Crippen molar-refractivity contribution < 1.29 is 4.57 Å². The molecule has 0 saturated heterocycles. The number of hydrogen-bond acceptors (Lipinski definition) is 2. The van der Waals surface area contributed by atoms with Gasteiger partial charge in [-0.1, -0.05) is 0 Å². The normalized spacial score (nSPS) is 6.29. The fourth-order valence-electron chi connectivity index (χ4n) is 0.0781. The van der Waals surface area contributed by atoms with Crippen molar-refractivity contribution in [1.82, 2.24) is 0 Å². The molecule has 0 spiro atoms. The molecule has 0 aromatic rings. The first-order chi connectivity index (χ1) is 3.27. The summed E-state index contributed by atoms with van der Waals surface area (Å²) >= 11 is 0. The Morgan fingerprint density at radius 1 is 1.71 bits per heavy atom. The Labute approximate surface area is 41.7 Å². The van der Waals surface area contributed by atoms with Gasteiger partial charge < -0.3 is 0 Å². The Morgan fingerprint density at radius 3 is 2.43 bits per heavy atom. The third-order valence-electron chi connectivity index (χ3n) is 0.220. The molecular formula is C2H4N3OP. The van der Waals surface area contributed by atoms with Gasteiger partial charge in [-0.3, -0.25) is 0 Å². The second-order valence-corrected chi connectivity index (χ2v) is 1.11. The Morgan fingerprint density at radius 2 is 2.29 bits per heavy atom. The van der Waals surface area contributed by atoms with Gasteiger partial charge >= 0.3 is 40.7 Å². The van der Waals surface area contributed by atoms with E-state index in [4.69, 9.17) is 11.5 Å². The third-order valence-corrected chi connectivity index (χ3v) is 0.402. The molecule has 0 aromatic carbocycles. The van der Waals surface area contributed by atoms with Gasteiger partial charge in [0.1, 0.15) is 0 Å². The summed E-state index contributed by atoms with van der Waals surface area (Å²) < 4.78 is 9.48. The average Bonchev–Trinajstić information content (AvgIpc) is 1.61. The number of aliphatic imine (C=N–C) groups is 1. The first-order valence-electron chi connectivity index (χ1n) is 1.43. The van der Waals surface area contributed by atoms with E-state index in [1.165, 1.54) is 0 Å². The number of rotatable bonds is 0. The standard InChI is InChI=1S/C2H4N3OP/c3-2(4)5-1-7-6/h(H4,3,4,5). The van der Waals surface area contributed by atoms with E-state index in [1.54, 1.807) is 0 Å². The van der Waals surface area contributed by atoms with Crippen LogP contribution >= 0.6 is 7.92 Å². The molecule has 0 heterocycles. The predicted molar refractivity (Wildman–Crippen MR) is 27.3 cm³/mol. The van der Waals surface area contributed by atoms with E-state index in [0.29, 0.717) is 0 Å². The van der Waals surface area contributed by atoms with Crippen LogP contribution in [0.2, 0.25) is 0 Å². The maximum absolute atomic E-state index is 9.48. The van der Waals surface area contributed by atoms with E-state index in [9.17, 15) is 4.57 Å². The first kappa shape index (κ1) is 6.28. The SMILES string of the molecule is NC(N)=NC#P=O. The number of nitrogens with two attached hydrogens (primary N) is 2. The molecule has 0 atom stereocenters. The summed E-state index contributed by atoms with van der Waals surface area (Å²) in [5, 5.41) is 0. The molecule has 0 amide bonds. The van der Waals surface area contributed by atoms with Crippen molar-refractivity contribution in [2.24, 2.45) is 16.5 Å². The van der Waals surface area contributed by atoms with Gasteiger partial charge in [-0.15, -0.1) is 0 Å². The van der Waals surface area contributed by atoms with Crippen LogP contribution in [-0.2, 0) is 4.57 Å². The second-order valence-electron chi connectivity index (χ2n) is 0.728. The van der Waals surface area contributed by atoms with Crippen LogP contribution < -0.4 is 11.5 Å². The van der Waals surface area contributed by atoms with Crippen LogP contribution in [0.1, 0.15) is 0 Å². The fourth-order valence-corrected chi connectivity index (χ4v) is 0.234. The fraction of sp³-hybridized carbons (Fsp3) is 0. The second kappa shape index (κ2) is 3.47. The quantitative estimate of drug-likeness (QED) is 0.254. The Kier molecular flexibility index (Phi) is 3.11. The van der Waals surface area contributed by atoms with Crippen LogP contribution in [-0.4, -0.2) is 5.96 Å². The zero-order valence-corrected chi connectivity index (χ0v) is 4.35. The molecule has 7 heavy (non-hydrogen) atoms. The summed E-state index contributed by atoms with van der Waals surface area (Å²) in [5.74, 6) is 1.87. The zero-order chi connectivity index (χ0) is 5.70. The van der Waals surface area contributed by atoms with Gasteiger partial charge in [0.2, 0.25) is 0 Å². The van der Waals surface area contributed by atoms with Gasteiger partial charge in [0.15, 0.2) is 0 Å². The van der Waals surface area contributed by atoms with Crippen LogP contribution in [0.4, 0.5) is 0 Å². The van der Waals surface area contributed by atoms with Gasteiger partial charge in [0.25, 0.3) is 0 Å². The van der Waals surface area contributed by atoms with Crippen molar-refractivity contribution in [2.45, 2.75) is 0 Å². The third kappa shape index (κ3) is 5.28. The van der Waals surface area contributed by atoms with Crippen molar-refractivity contribution in [2.75, 3.05) is 0 Å². The molecule has 4 nitrogen and oxygen atoms in total. The van der Waals surface area contributed by atoms with E-state index in [-0.39, 0.29) is 13.9 Å². The number of nitrogens with zero attached hydrogens (tertiary/aromatic N) is 1. The molecule has 38 valence electrons. The van der Waals surface area contributed by atoms with Gasteiger partial charge in [-0.2, -0.15) is 0 Å². The monoisotopic (exact) mass is 117 g/mol. The maximum atomic E-state index is 9.48. The molecule has 0 aliphatic carbocycles. The van der Waals surface area contributed by atoms with Crippen molar-refractivity contribution in [3.05, 3.63) is 0 Å². The average molecular weight is 117 g/mol. The van der Waals surface area contributed by atoms with E-state index in [0.717, 1.165) is 0 Å². The van der Waals surface area contributed by atoms with E-state index in [1.807, 2.05) is 5.75 Å². The molecule has 0 saturated carbocycles. The molecule has 0 aliphatic heterocycles. The summed E-state index contributed by atoms with van der Waals surface area (Å²) in [6.07, 6.45) is 0. The molecular weight excluding hydrogens is 113 g/mol. The van der Waals surface area contributed by atoms with Crippen molar-refractivity contribution >= 4 is 13.9 Å².